The number of benzene rings is 1. The van der Waals surface area contributed by atoms with Gasteiger partial charge in [-0.3, -0.25) is 10.1 Å². The molecule has 1 saturated heterocycles. The number of aryl methyl sites for hydroxylation is 1. The van der Waals surface area contributed by atoms with E-state index in [1.54, 1.807) is 14.2 Å². The molecule has 0 saturated carbocycles. The summed E-state index contributed by atoms with van der Waals surface area (Å²) in [5, 5.41) is 5.41. The molecule has 2 amide bonds. The highest BCUT2D eigenvalue weighted by molar-refractivity contribution is 5.88. The second-order valence-electron chi connectivity index (χ2n) is 5.89. The molecule has 2 N–H and O–H groups in total. The number of rotatable bonds is 4. The largest absolute Gasteiger partial charge is 0.495 e. The first kappa shape index (κ1) is 16.8. The smallest absolute Gasteiger partial charge is 0.320 e. The number of hydrogen-bond donors (Lipinski definition) is 2. The number of carbonyl (C=O) groups excluding carboxylic acids is 1. The van der Waals surface area contributed by atoms with Crippen LogP contribution in [0.3, 0.4) is 0 Å². The minimum Gasteiger partial charge on any atom is -0.495 e. The van der Waals surface area contributed by atoms with Gasteiger partial charge in [0.15, 0.2) is 0 Å². The highest BCUT2D eigenvalue weighted by Gasteiger charge is 2.26. The van der Waals surface area contributed by atoms with Crippen molar-refractivity contribution in [1.82, 2.24) is 14.9 Å². The topological polar surface area (TPSA) is 88.5 Å². The Morgan fingerprint density at radius 3 is 2.96 bits per heavy atom. The van der Waals surface area contributed by atoms with Gasteiger partial charge in [-0.2, -0.15) is 0 Å². The molecule has 2 aromatic rings. The summed E-state index contributed by atoms with van der Waals surface area (Å²) in [5.74, 6) is 0.826. The second-order valence-corrected chi connectivity index (χ2v) is 5.89. The number of hydrogen-bond acceptors (Lipinski definition) is 5. The van der Waals surface area contributed by atoms with Crippen LogP contribution in [0.15, 0.2) is 41.5 Å². The molecule has 3 rings (SSSR count). The molecule has 1 aliphatic rings. The van der Waals surface area contributed by atoms with Crippen LogP contribution in [-0.4, -0.2) is 41.8 Å². The molecule has 1 atom stereocenters. The quantitative estimate of drug-likeness (QED) is 0.871. The van der Waals surface area contributed by atoms with Gasteiger partial charge in [0.05, 0.1) is 12.8 Å². The maximum atomic E-state index is 12.1. The van der Waals surface area contributed by atoms with E-state index >= 15 is 0 Å². The molecule has 8 heteroatoms. The number of methoxy groups -OCH3 is 1. The SMILES string of the molecule is COc1ccccc1N1CCC(NC(=O)Nc2nccn(C)c2=O)C1. The number of aromatic nitrogens is 2. The van der Waals surface area contributed by atoms with Crippen molar-refractivity contribution >= 4 is 17.5 Å². The number of ether oxygens (including phenoxy) is 1. The summed E-state index contributed by atoms with van der Waals surface area (Å²) in [5.41, 5.74) is 0.660. The third-order valence-electron chi connectivity index (χ3n) is 4.20. The van der Waals surface area contributed by atoms with E-state index in [0.29, 0.717) is 6.54 Å². The molecule has 1 aliphatic heterocycles. The van der Waals surface area contributed by atoms with E-state index in [4.69, 9.17) is 4.74 Å². The van der Waals surface area contributed by atoms with Gasteiger partial charge >= 0.3 is 6.03 Å². The fourth-order valence-electron chi connectivity index (χ4n) is 2.90. The van der Waals surface area contributed by atoms with Gasteiger partial charge in [-0.1, -0.05) is 12.1 Å². The van der Waals surface area contributed by atoms with Gasteiger partial charge in [0, 0.05) is 38.6 Å². The Hall–Kier alpha value is -3.03. The third-order valence-corrected chi connectivity index (χ3v) is 4.20. The van der Waals surface area contributed by atoms with Crippen LogP contribution in [0.25, 0.3) is 0 Å². The van der Waals surface area contributed by atoms with Crippen molar-refractivity contribution in [3.8, 4) is 5.75 Å². The van der Waals surface area contributed by atoms with E-state index in [1.807, 2.05) is 24.3 Å². The second kappa shape index (κ2) is 7.25. The summed E-state index contributed by atoms with van der Waals surface area (Å²) in [6.07, 6.45) is 3.81. The minimum atomic E-state index is -0.428. The summed E-state index contributed by atoms with van der Waals surface area (Å²) >= 11 is 0. The van der Waals surface area contributed by atoms with Crippen LogP contribution < -0.4 is 25.8 Å². The number of carbonyl (C=O) groups is 1. The van der Waals surface area contributed by atoms with E-state index in [0.717, 1.165) is 24.4 Å². The summed E-state index contributed by atoms with van der Waals surface area (Å²) in [6.45, 7) is 1.49. The maximum absolute atomic E-state index is 12.1. The predicted octanol–water partition coefficient (Wildman–Crippen LogP) is 1.19. The average Bonchev–Trinajstić information content (AvgIpc) is 3.07. The number of nitrogens with one attached hydrogen (secondary N) is 2. The van der Waals surface area contributed by atoms with E-state index in [1.165, 1.54) is 17.0 Å². The number of amides is 2. The summed E-state index contributed by atoms with van der Waals surface area (Å²) in [6, 6.07) is 7.36. The fraction of sp³-hybridized carbons (Fsp3) is 0.353. The lowest BCUT2D eigenvalue weighted by atomic mass is 10.2. The summed E-state index contributed by atoms with van der Waals surface area (Å²) in [4.78, 5) is 30.1. The Kier molecular flexibility index (Phi) is 4.87. The van der Waals surface area contributed by atoms with Gasteiger partial charge in [0.1, 0.15) is 5.75 Å². The Morgan fingerprint density at radius 1 is 1.36 bits per heavy atom. The van der Waals surface area contributed by atoms with Crippen molar-refractivity contribution in [2.45, 2.75) is 12.5 Å². The van der Waals surface area contributed by atoms with Gasteiger partial charge in [0.2, 0.25) is 5.82 Å². The summed E-state index contributed by atoms with van der Waals surface area (Å²) < 4.78 is 6.75. The first-order chi connectivity index (χ1) is 12.1. The van der Waals surface area contributed by atoms with Gasteiger partial charge in [-0.25, -0.2) is 9.78 Å². The van der Waals surface area contributed by atoms with E-state index in [9.17, 15) is 9.59 Å². The molecule has 0 spiro atoms. The molecule has 25 heavy (non-hydrogen) atoms. The van der Waals surface area contributed by atoms with Gasteiger partial charge in [0.25, 0.3) is 5.56 Å². The van der Waals surface area contributed by atoms with E-state index < -0.39 is 6.03 Å². The molecule has 1 fully saturated rings. The molecule has 1 unspecified atom stereocenters. The highest BCUT2D eigenvalue weighted by Crippen LogP contribution is 2.30. The average molecular weight is 343 g/mol. The van der Waals surface area contributed by atoms with Crippen LogP contribution in [-0.2, 0) is 7.05 Å². The fourth-order valence-corrected chi connectivity index (χ4v) is 2.90. The lowest BCUT2D eigenvalue weighted by Gasteiger charge is -2.21. The minimum absolute atomic E-state index is 0.0158. The lowest BCUT2D eigenvalue weighted by molar-refractivity contribution is 0.249. The zero-order valence-electron chi connectivity index (χ0n) is 14.2. The van der Waals surface area contributed by atoms with Gasteiger partial charge < -0.3 is 19.5 Å². The number of nitrogens with zero attached hydrogens (tertiary/aromatic N) is 3. The van der Waals surface area contributed by atoms with Crippen LogP contribution in [0.4, 0.5) is 16.3 Å². The molecule has 132 valence electrons. The standard InChI is InChI=1S/C17H21N5O3/c1-21-10-8-18-15(16(21)23)20-17(24)19-12-7-9-22(11-12)13-5-3-4-6-14(13)25-2/h3-6,8,10,12H,7,9,11H2,1-2H3,(H2,18,19,20,24). The van der Waals surface area contributed by atoms with Crippen molar-refractivity contribution in [2.75, 3.05) is 30.4 Å². The first-order valence-electron chi connectivity index (χ1n) is 8.05. The molecular formula is C17H21N5O3. The van der Waals surface area contributed by atoms with Crippen molar-refractivity contribution < 1.29 is 9.53 Å². The molecule has 0 radical (unpaired) electrons. The van der Waals surface area contributed by atoms with E-state index in [2.05, 4.69) is 20.5 Å². The van der Waals surface area contributed by atoms with Gasteiger partial charge in [-0.05, 0) is 18.6 Å². The lowest BCUT2D eigenvalue weighted by Crippen LogP contribution is -2.41. The Bertz CT molecular complexity index is 820. The molecule has 2 heterocycles. The maximum Gasteiger partial charge on any atom is 0.320 e. The van der Waals surface area contributed by atoms with Crippen LogP contribution >= 0.6 is 0 Å². The van der Waals surface area contributed by atoms with E-state index in [-0.39, 0.29) is 17.4 Å². The van der Waals surface area contributed by atoms with Crippen molar-refractivity contribution in [2.24, 2.45) is 7.05 Å². The first-order valence-corrected chi connectivity index (χ1v) is 8.05. The molecule has 1 aromatic carbocycles. The molecule has 8 nitrogen and oxygen atoms in total. The zero-order valence-corrected chi connectivity index (χ0v) is 14.2. The Balaban J connectivity index is 1.60. The number of anilines is 2. The van der Waals surface area contributed by atoms with Crippen LogP contribution in [0.5, 0.6) is 5.75 Å². The zero-order chi connectivity index (χ0) is 17.8. The molecular weight excluding hydrogens is 322 g/mol. The van der Waals surface area contributed by atoms with Crippen LogP contribution in [0, 0.1) is 0 Å². The van der Waals surface area contributed by atoms with Gasteiger partial charge in [-0.15, -0.1) is 0 Å². The number of para-hydroxylation sites is 2. The normalized spacial score (nSPS) is 16.6. The highest BCUT2D eigenvalue weighted by atomic mass is 16.5. The van der Waals surface area contributed by atoms with Crippen molar-refractivity contribution in [3.63, 3.8) is 0 Å². The third kappa shape index (κ3) is 3.73. The van der Waals surface area contributed by atoms with Crippen LogP contribution in [0.2, 0.25) is 0 Å². The van der Waals surface area contributed by atoms with Crippen molar-refractivity contribution in [1.29, 1.82) is 0 Å². The molecule has 1 aromatic heterocycles. The monoisotopic (exact) mass is 343 g/mol. The predicted molar refractivity (Wildman–Crippen MR) is 95.2 cm³/mol. The Labute approximate surface area is 145 Å². The Morgan fingerprint density at radius 2 is 2.16 bits per heavy atom. The molecule has 0 bridgehead atoms. The van der Waals surface area contributed by atoms with Crippen LogP contribution in [0.1, 0.15) is 6.42 Å². The number of urea groups is 1. The van der Waals surface area contributed by atoms with Crippen molar-refractivity contribution in [3.05, 3.63) is 47.0 Å². The summed E-state index contributed by atoms with van der Waals surface area (Å²) in [7, 11) is 3.25. The molecule has 0 aliphatic carbocycles.